The number of carboxylic acid groups (broad SMARTS) is 2. The van der Waals surface area contributed by atoms with Crippen LogP contribution in [0.1, 0.15) is 124 Å². The van der Waals surface area contributed by atoms with E-state index >= 15 is 0 Å². The molecule has 0 saturated carbocycles. The maximum Gasteiger partial charge on any atom is 0.307 e. The molecule has 0 heterocycles. The number of hydrogen-bond acceptors (Lipinski definition) is 2. The van der Waals surface area contributed by atoms with Gasteiger partial charge >= 0.3 is 11.9 Å². The zero-order valence-corrected chi connectivity index (χ0v) is 18.8. The number of carbonyl (C=O) groups is 2. The molecule has 3 unspecified atom stereocenters. The van der Waals surface area contributed by atoms with Gasteiger partial charge in [0.1, 0.15) is 0 Å². The summed E-state index contributed by atoms with van der Waals surface area (Å²) in [6.45, 7) is 5.75. The molecule has 0 bridgehead atoms. The van der Waals surface area contributed by atoms with Crippen molar-refractivity contribution >= 4 is 11.9 Å². The molecule has 0 rings (SSSR count). The Morgan fingerprint density at radius 2 is 1.04 bits per heavy atom. The van der Waals surface area contributed by atoms with E-state index in [9.17, 15) is 19.8 Å². The first-order chi connectivity index (χ1) is 13.5. The highest BCUT2D eigenvalue weighted by atomic mass is 16.4. The van der Waals surface area contributed by atoms with Crippen LogP contribution in [0, 0.1) is 17.8 Å². The predicted molar refractivity (Wildman–Crippen MR) is 117 cm³/mol. The van der Waals surface area contributed by atoms with Crippen LogP contribution >= 0.6 is 0 Å². The Morgan fingerprint density at radius 3 is 1.36 bits per heavy atom. The highest BCUT2D eigenvalue weighted by Crippen LogP contribution is 2.29. The first kappa shape index (κ1) is 26.9. The molecule has 0 saturated heterocycles. The monoisotopic (exact) mass is 398 g/mol. The van der Waals surface area contributed by atoms with E-state index in [-0.39, 0.29) is 5.92 Å². The summed E-state index contributed by atoms with van der Waals surface area (Å²) in [5.74, 6) is -3.61. The summed E-state index contributed by atoms with van der Waals surface area (Å²) in [5.41, 5.74) is 0. The molecule has 4 nitrogen and oxygen atoms in total. The first-order valence-corrected chi connectivity index (χ1v) is 11.9. The standard InChI is InChI=1S/C24H46O4/c1-4-6-7-8-9-10-11-12-13-14-15-16-17-18-19-21(5-2)22(24(27)28)20(3)23(25)26/h20-22H,4-19H2,1-3H3,(H,25,26)(H,27,28). The molecule has 0 fully saturated rings. The summed E-state index contributed by atoms with van der Waals surface area (Å²) < 4.78 is 0. The highest BCUT2D eigenvalue weighted by Gasteiger charge is 2.35. The minimum atomic E-state index is -1.01. The Bertz CT molecular complexity index is 394. The fraction of sp³-hybridized carbons (Fsp3) is 0.917. The third kappa shape index (κ3) is 13.2. The lowest BCUT2D eigenvalue weighted by Gasteiger charge is -2.25. The number of hydrogen-bond donors (Lipinski definition) is 2. The summed E-state index contributed by atoms with van der Waals surface area (Å²) in [5, 5.41) is 18.6. The van der Waals surface area contributed by atoms with E-state index in [2.05, 4.69) is 6.92 Å². The van der Waals surface area contributed by atoms with E-state index in [1.807, 2.05) is 6.92 Å². The molecule has 0 radical (unpaired) electrons. The normalized spacial score (nSPS) is 14.5. The van der Waals surface area contributed by atoms with Crippen LogP contribution in [0.5, 0.6) is 0 Å². The van der Waals surface area contributed by atoms with Gasteiger partial charge in [-0.15, -0.1) is 0 Å². The van der Waals surface area contributed by atoms with Crippen molar-refractivity contribution in [3.05, 3.63) is 0 Å². The van der Waals surface area contributed by atoms with Gasteiger partial charge in [-0.2, -0.15) is 0 Å². The lowest BCUT2D eigenvalue weighted by molar-refractivity contribution is -0.155. The molecule has 2 N–H and O–H groups in total. The number of carboxylic acids is 2. The van der Waals surface area contributed by atoms with E-state index in [0.717, 1.165) is 25.7 Å². The molecule has 0 aromatic carbocycles. The highest BCUT2D eigenvalue weighted by molar-refractivity contribution is 5.79. The summed E-state index contributed by atoms with van der Waals surface area (Å²) in [7, 11) is 0. The molecule has 0 aliphatic heterocycles. The number of rotatable bonds is 20. The average molecular weight is 399 g/mol. The molecule has 0 amide bonds. The third-order valence-electron chi connectivity index (χ3n) is 6.17. The Labute approximate surface area is 173 Å². The van der Waals surface area contributed by atoms with Crippen molar-refractivity contribution in [2.75, 3.05) is 0 Å². The maximum atomic E-state index is 11.5. The van der Waals surface area contributed by atoms with Crippen molar-refractivity contribution < 1.29 is 19.8 Å². The van der Waals surface area contributed by atoms with Crippen molar-refractivity contribution in [2.24, 2.45) is 17.8 Å². The van der Waals surface area contributed by atoms with Gasteiger partial charge in [-0.1, -0.05) is 117 Å². The first-order valence-electron chi connectivity index (χ1n) is 11.9. The zero-order chi connectivity index (χ0) is 21.2. The predicted octanol–water partition coefficient (Wildman–Crippen LogP) is 7.31. The average Bonchev–Trinajstić information content (AvgIpc) is 2.66. The van der Waals surface area contributed by atoms with Crippen LogP contribution in [0.3, 0.4) is 0 Å². The largest absolute Gasteiger partial charge is 0.481 e. The zero-order valence-electron chi connectivity index (χ0n) is 18.8. The molecule has 0 aromatic rings. The summed E-state index contributed by atoms with van der Waals surface area (Å²) >= 11 is 0. The molecule has 0 spiro atoms. The fourth-order valence-corrected chi connectivity index (χ4v) is 4.22. The molecule has 0 aromatic heterocycles. The van der Waals surface area contributed by atoms with Crippen molar-refractivity contribution in [3.63, 3.8) is 0 Å². The molecule has 28 heavy (non-hydrogen) atoms. The lowest BCUT2D eigenvalue weighted by Crippen LogP contribution is -2.33. The Kier molecular flexibility index (Phi) is 17.3. The van der Waals surface area contributed by atoms with Gasteiger partial charge in [-0.25, -0.2) is 0 Å². The second kappa shape index (κ2) is 18.0. The van der Waals surface area contributed by atoms with Crippen molar-refractivity contribution in [2.45, 2.75) is 124 Å². The lowest BCUT2D eigenvalue weighted by atomic mass is 9.78. The SMILES string of the molecule is CCCCCCCCCCCCCCCCC(CC)C(C(=O)O)C(C)C(=O)O. The Hall–Kier alpha value is -1.06. The Morgan fingerprint density at radius 1 is 0.643 bits per heavy atom. The summed E-state index contributed by atoms with van der Waals surface area (Å²) in [4.78, 5) is 22.7. The fourth-order valence-electron chi connectivity index (χ4n) is 4.22. The third-order valence-corrected chi connectivity index (χ3v) is 6.17. The topological polar surface area (TPSA) is 74.6 Å². The second-order valence-corrected chi connectivity index (χ2v) is 8.54. The van der Waals surface area contributed by atoms with Gasteiger partial charge < -0.3 is 10.2 Å². The minimum Gasteiger partial charge on any atom is -0.481 e. The molecule has 4 heteroatoms. The van der Waals surface area contributed by atoms with Gasteiger partial charge in [0.15, 0.2) is 0 Å². The van der Waals surface area contributed by atoms with Crippen molar-refractivity contribution in [1.82, 2.24) is 0 Å². The van der Waals surface area contributed by atoms with Gasteiger partial charge in [-0.05, 0) is 12.3 Å². The molecule has 166 valence electrons. The summed E-state index contributed by atoms with van der Waals surface area (Å²) in [6.07, 6.45) is 19.8. The van der Waals surface area contributed by atoms with Crippen LogP contribution in [0.4, 0.5) is 0 Å². The van der Waals surface area contributed by atoms with E-state index in [1.165, 1.54) is 84.0 Å². The van der Waals surface area contributed by atoms with E-state index in [4.69, 9.17) is 0 Å². The van der Waals surface area contributed by atoms with Crippen molar-refractivity contribution in [3.8, 4) is 0 Å². The summed E-state index contributed by atoms with van der Waals surface area (Å²) in [6, 6.07) is 0. The van der Waals surface area contributed by atoms with E-state index < -0.39 is 23.8 Å². The second-order valence-electron chi connectivity index (χ2n) is 8.54. The van der Waals surface area contributed by atoms with Crippen LogP contribution in [-0.4, -0.2) is 22.2 Å². The van der Waals surface area contributed by atoms with E-state index in [0.29, 0.717) is 0 Å². The van der Waals surface area contributed by atoms with Crippen LogP contribution in [-0.2, 0) is 9.59 Å². The van der Waals surface area contributed by atoms with Gasteiger partial charge in [0.25, 0.3) is 0 Å². The molecular weight excluding hydrogens is 352 g/mol. The molecule has 0 aliphatic rings. The van der Waals surface area contributed by atoms with Gasteiger partial charge in [0.2, 0.25) is 0 Å². The molecular formula is C24H46O4. The molecule has 0 aliphatic carbocycles. The number of aliphatic carboxylic acids is 2. The number of unbranched alkanes of at least 4 members (excludes halogenated alkanes) is 13. The van der Waals surface area contributed by atoms with Gasteiger partial charge in [0.05, 0.1) is 11.8 Å². The van der Waals surface area contributed by atoms with Gasteiger partial charge in [0, 0.05) is 0 Å². The van der Waals surface area contributed by atoms with Crippen LogP contribution in [0.15, 0.2) is 0 Å². The van der Waals surface area contributed by atoms with Crippen LogP contribution in [0.2, 0.25) is 0 Å². The van der Waals surface area contributed by atoms with Crippen molar-refractivity contribution in [1.29, 1.82) is 0 Å². The van der Waals surface area contributed by atoms with Crippen LogP contribution in [0.25, 0.3) is 0 Å². The maximum absolute atomic E-state index is 11.5. The quantitative estimate of drug-likeness (QED) is 0.211. The van der Waals surface area contributed by atoms with E-state index in [1.54, 1.807) is 0 Å². The smallest absolute Gasteiger partial charge is 0.307 e. The minimum absolute atomic E-state index is 0.0408. The van der Waals surface area contributed by atoms with Gasteiger partial charge in [-0.3, -0.25) is 9.59 Å². The molecule has 3 atom stereocenters. The Balaban J connectivity index is 3.72. The van der Waals surface area contributed by atoms with Crippen LogP contribution < -0.4 is 0 Å².